The van der Waals surface area contributed by atoms with E-state index < -0.39 is 19.8 Å². The molecule has 1 aliphatic carbocycles. The van der Waals surface area contributed by atoms with E-state index in [-0.39, 0.29) is 23.4 Å². The van der Waals surface area contributed by atoms with Gasteiger partial charge in [0.1, 0.15) is 5.82 Å². The van der Waals surface area contributed by atoms with Crippen LogP contribution in [0.1, 0.15) is 37.0 Å². The minimum atomic E-state index is -4.07. The van der Waals surface area contributed by atoms with Crippen LogP contribution >= 0.6 is 10.7 Å². The zero-order chi connectivity index (χ0) is 15.8. The lowest BCUT2D eigenvalue weighted by molar-refractivity contribution is 0.0721. The lowest BCUT2D eigenvalue weighted by Crippen LogP contribution is -2.36. The van der Waals surface area contributed by atoms with Gasteiger partial charge in [0.05, 0.1) is 4.90 Å². The van der Waals surface area contributed by atoms with Crippen molar-refractivity contribution in [1.29, 1.82) is 0 Å². The van der Waals surface area contributed by atoms with Gasteiger partial charge in [-0.15, -0.1) is 0 Å². The van der Waals surface area contributed by atoms with Crippen LogP contribution in [0, 0.1) is 11.7 Å². The summed E-state index contributed by atoms with van der Waals surface area (Å²) in [6, 6.07) is 3.15. The Morgan fingerprint density at radius 1 is 1.38 bits per heavy atom. The highest BCUT2D eigenvalue weighted by molar-refractivity contribution is 8.13. The highest BCUT2D eigenvalue weighted by Crippen LogP contribution is 2.30. The molecule has 116 valence electrons. The Morgan fingerprint density at radius 2 is 2.00 bits per heavy atom. The van der Waals surface area contributed by atoms with Gasteiger partial charge in [0, 0.05) is 28.8 Å². The fourth-order valence-corrected chi connectivity index (χ4v) is 2.96. The molecule has 7 heteroatoms. The Kier molecular flexibility index (Phi) is 4.58. The highest BCUT2D eigenvalue weighted by atomic mass is 35.7. The van der Waals surface area contributed by atoms with Gasteiger partial charge in [-0.25, -0.2) is 12.8 Å². The molecule has 0 atom stereocenters. The number of benzene rings is 1. The number of nitrogens with zero attached hydrogens (tertiary/aromatic N) is 1. The molecule has 1 amide bonds. The summed E-state index contributed by atoms with van der Waals surface area (Å²) < 4.78 is 36.2. The maximum atomic E-state index is 13.6. The third kappa shape index (κ3) is 4.17. The maximum Gasteiger partial charge on any atom is 0.261 e. The lowest BCUT2D eigenvalue weighted by Gasteiger charge is -2.24. The quantitative estimate of drug-likeness (QED) is 0.778. The Hall–Kier alpha value is -1.14. The van der Waals surface area contributed by atoms with Gasteiger partial charge in [0.2, 0.25) is 0 Å². The fraction of sp³-hybridized carbons (Fsp3) is 0.500. The van der Waals surface area contributed by atoms with Crippen LogP contribution in [0.4, 0.5) is 4.39 Å². The van der Waals surface area contributed by atoms with E-state index in [0.717, 1.165) is 31.0 Å². The van der Waals surface area contributed by atoms with Crippen LogP contribution in [-0.2, 0) is 9.05 Å². The molecule has 1 fully saturated rings. The second kappa shape index (κ2) is 5.93. The van der Waals surface area contributed by atoms with Gasteiger partial charge in [0.15, 0.2) is 0 Å². The van der Waals surface area contributed by atoms with Crippen molar-refractivity contribution < 1.29 is 17.6 Å². The summed E-state index contributed by atoms with van der Waals surface area (Å²) in [5, 5.41) is 0. The van der Waals surface area contributed by atoms with Crippen molar-refractivity contribution in [1.82, 2.24) is 4.90 Å². The molecule has 0 aliphatic heterocycles. The van der Waals surface area contributed by atoms with Crippen molar-refractivity contribution in [3.8, 4) is 0 Å². The van der Waals surface area contributed by atoms with Crippen LogP contribution in [-0.4, -0.2) is 31.8 Å². The van der Waals surface area contributed by atoms with Gasteiger partial charge in [0.25, 0.3) is 15.0 Å². The molecule has 4 nitrogen and oxygen atoms in total. The van der Waals surface area contributed by atoms with Crippen LogP contribution < -0.4 is 0 Å². The molecule has 0 radical (unpaired) electrons. The van der Waals surface area contributed by atoms with E-state index in [1.165, 1.54) is 0 Å². The van der Waals surface area contributed by atoms with Crippen molar-refractivity contribution in [3.05, 3.63) is 29.6 Å². The molecule has 0 aromatic heterocycles. The van der Waals surface area contributed by atoms with Crippen LogP contribution in [0.2, 0.25) is 0 Å². The van der Waals surface area contributed by atoms with Crippen molar-refractivity contribution >= 4 is 25.6 Å². The first-order valence-electron chi connectivity index (χ1n) is 6.74. The predicted molar refractivity (Wildman–Crippen MR) is 78.3 cm³/mol. The number of carbonyl (C=O) groups is 1. The molecule has 0 unspecified atom stereocenters. The van der Waals surface area contributed by atoms with Crippen LogP contribution in [0.3, 0.4) is 0 Å². The van der Waals surface area contributed by atoms with E-state index in [4.69, 9.17) is 10.7 Å². The number of carbonyl (C=O) groups excluding carboxylic acids is 1. The second-order valence-corrected chi connectivity index (χ2v) is 8.26. The van der Waals surface area contributed by atoms with E-state index in [2.05, 4.69) is 0 Å². The molecule has 0 saturated heterocycles. The van der Waals surface area contributed by atoms with Gasteiger partial charge in [-0.1, -0.05) is 13.8 Å². The van der Waals surface area contributed by atoms with Crippen molar-refractivity contribution in [2.45, 2.75) is 37.6 Å². The summed E-state index contributed by atoms with van der Waals surface area (Å²) in [4.78, 5) is 13.8. The van der Waals surface area contributed by atoms with Crippen LogP contribution in [0.15, 0.2) is 23.1 Å². The number of amides is 1. The van der Waals surface area contributed by atoms with Crippen molar-refractivity contribution in [2.75, 3.05) is 6.54 Å². The largest absolute Gasteiger partial charge is 0.335 e. The minimum absolute atomic E-state index is 0.0155. The topological polar surface area (TPSA) is 54.5 Å². The summed E-state index contributed by atoms with van der Waals surface area (Å²) in [6.07, 6.45) is 1.85. The SMILES string of the molecule is CC(C)CN(C(=O)c1cc(F)cc(S(=O)(=O)Cl)c1)C1CC1. The van der Waals surface area contributed by atoms with Crippen LogP contribution in [0.25, 0.3) is 0 Å². The number of halogens is 2. The van der Waals surface area contributed by atoms with E-state index in [1.54, 1.807) is 4.90 Å². The molecule has 0 spiro atoms. The van der Waals surface area contributed by atoms with Crippen molar-refractivity contribution in [3.63, 3.8) is 0 Å². The van der Waals surface area contributed by atoms with Gasteiger partial charge < -0.3 is 4.90 Å². The molecule has 0 bridgehead atoms. The summed E-state index contributed by atoms with van der Waals surface area (Å²) in [5.74, 6) is -0.869. The molecule has 1 aromatic carbocycles. The molecule has 1 aliphatic rings. The third-order valence-corrected chi connectivity index (χ3v) is 4.54. The predicted octanol–water partition coefficient (Wildman–Crippen LogP) is 3.01. The molecule has 21 heavy (non-hydrogen) atoms. The smallest absolute Gasteiger partial charge is 0.261 e. The van der Waals surface area contributed by atoms with E-state index in [0.29, 0.717) is 6.54 Å². The van der Waals surface area contributed by atoms with Gasteiger partial charge in [-0.05, 0) is 37.0 Å². The summed E-state index contributed by atoms with van der Waals surface area (Å²) in [6.45, 7) is 4.54. The Labute approximate surface area is 128 Å². The standard InChI is InChI=1S/C14H17ClFNO3S/c1-9(2)8-17(12-3-4-12)14(18)10-5-11(16)7-13(6-10)21(15,19)20/h5-7,9,12H,3-4,8H2,1-2H3. The molecular formula is C14H17ClFNO3S. The number of rotatable bonds is 5. The molecule has 2 rings (SSSR count). The molecule has 0 heterocycles. The fourth-order valence-electron chi connectivity index (χ4n) is 2.17. The Balaban J connectivity index is 2.35. The average molecular weight is 334 g/mol. The summed E-state index contributed by atoms with van der Waals surface area (Å²) >= 11 is 0. The third-order valence-electron chi connectivity index (χ3n) is 3.21. The highest BCUT2D eigenvalue weighted by Gasteiger charge is 2.33. The zero-order valence-electron chi connectivity index (χ0n) is 11.8. The molecule has 0 N–H and O–H groups in total. The molecular weight excluding hydrogens is 317 g/mol. The molecule has 1 aromatic rings. The Bertz CT molecular complexity index is 656. The molecule has 1 saturated carbocycles. The normalized spacial score (nSPS) is 15.3. The average Bonchev–Trinajstić information content (AvgIpc) is 3.17. The van der Waals surface area contributed by atoms with Crippen LogP contribution in [0.5, 0.6) is 0 Å². The van der Waals surface area contributed by atoms with Gasteiger partial charge in [-0.3, -0.25) is 4.79 Å². The van der Waals surface area contributed by atoms with Gasteiger partial charge in [-0.2, -0.15) is 0 Å². The number of hydrogen-bond donors (Lipinski definition) is 0. The van der Waals surface area contributed by atoms with Gasteiger partial charge >= 0.3 is 0 Å². The first-order chi connectivity index (χ1) is 9.68. The van der Waals surface area contributed by atoms with E-state index >= 15 is 0 Å². The lowest BCUT2D eigenvalue weighted by atomic mass is 10.1. The first kappa shape index (κ1) is 16.2. The summed E-state index contributed by atoms with van der Waals surface area (Å²) in [5.41, 5.74) is 0.0155. The van der Waals surface area contributed by atoms with E-state index in [1.807, 2.05) is 13.8 Å². The number of hydrogen-bond acceptors (Lipinski definition) is 3. The second-order valence-electron chi connectivity index (χ2n) is 5.70. The van der Waals surface area contributed by atoms with E-state index in [9.17, 15) is 17.6 Å². The first-order valence-corrected chi connectivity index (χ1v) is 9.05. The summed E-state index contributed by atoms with van der Waals surface area (Å²) in [7, 11) is 1.15. The Morgan fingerprint density at radius 3 is 2.48 bits per heavy atom. The van der Waals surface area contributed by atoms with Crippen molar-refractivity contribution in [2.24, 2.45) is 5.92 Å². The monoisotopic (exact) mass is 333 g/mol. The zero-order valence-corrected chi connectivity index (χ0v) is 13.4. The minimum Gasteiger partial charge on any atom is -0.335 e. The maximum absolute atomic E-state index is 13.6.